The van der Waals surface area contributed by atoms with Gasteiger partial charge in [0.2, 0.25) is 0 Å². The minimum atomic E-state index is -0.787. The lowest BCUT2D eigenvalue weighted by atomic mass is 10.0. The molecule has 1 aromatic carbocycles. The van der Waals surface area contributed by atoms with Crippen molar-refractivity contribution in [3.8, 4) is 0 Å². The van der Waals surface area contributed by atoms with E-state index < -0.39 is 12.0 Å². The average molecular weight is 280 g/mol. The lowest BCUT2D eigenvalue weighted by Gasteiger charge is -2.20. The highest BCUT2D eigenvalue weighted by Crippen LogP contribution is 2.45. The van der Waals surface area contributed by atoms with Crippen molar-refractivity contribution < 1.29 is 9.90 Å². The smallest absolute Gasteiger partial charge is 0.322 e. The maximum atomic E-state index is 11.3. The number of thioether (sulfide) groups is 1. The Morgan fingerprint density at radius 2 is 1.89 bits per heavy atom. The average Bonchev–Trinajstić information content (AvgIpc) is 2.65. The number of nitrogens with one attached hydrogen (secondary N) is 1. The van der Waals surface area contributed by atoms with Crippen LogP contribution < -0.4 is 10.2 Å². The van der Waals surface area contributed by atoms with Gasteiger partial charge in [0.05, 0.1) is 5.37 Å². The molecule has 1 aromatic rings. The van der Waals surface area contributed by atoms with Gasteiger partial charge in [0.15, 0.2) is 0 Å². The summed E-state index contributed by atoms with van der Waals surface area (Å²) in [5.41, 5.74) is 2.26. The standard InChI is InChI=1S/C14H20N2O2S/c1-14(2)11(13(17)18)15-12(19-14)9-5-7-10(8-6-9)16(3)4/h5-8,11-12,15H,1-4H3,(H,17,18). The second-order valence-electron chi connectivity index (χ2n) is 5.53. The number of rotatable bonds is 3. The Kier molecular flexibility index (Phi) is 3.78. The van der Waals surface area contributed by atoms with E-state index >= 15 is 0 Å². The minimum Gasteiger partial charge on any atom is -0.480 e. The molecule has 0 radical (unpaired) electrons. The Bertz CT molecular complexity index is 471. The summed E-state index contributed by atoms with van der Waals surface area (Å²) < 4.78 is -0.309. The number of carbonyl (C=O) groups is 1. The predicted octanol–water partition coefficient (Wildman–Crippen LogP) is 2.32. The third-order valence-electron chi connectivity index (χ3n) is 3.39. The normalized spacial score (nSPS) is 25.3. The fourth-order valence-corrected chi connectivity index (χ4v) is 3.65. The van der Waals surface area contributed by atoms with E-state index in [1.54, 1.807) is 11.8 Å². The lowest BCUT2D eigenvalue weighted by Crippen LogP contribution is -2.43. The van der Waals surface area contributed by atoms with Gasteiger partial charge >= 0.3 is 5.97 Å². The van der Waals surface area contributed by atoms with Crippen LogP contribution in [0.2, 0.25) is 0 Å². The molecule has 19 heavy (non-hydrogen) atoms. The first kappa shape index (κ1) is 14.2. The first-order valence-corrected chi connectivity index (χ1v) is 7.13. The van der Waals surface area contributed by atoms with Crippen LogP contribution in [0.5, 0.6) is 0 Å². The van der Waals surface area contributed by atoms with Crippen molar-refractivity contribution in [2.24, 2.45) is 0 Å². The fourth-order valence-electron chi connectivity index (χ4n) is 2.24. The number of hydrogen-bond acceptors (Lipinski definition) is 4. The van der Waals surface area contributed by atoms with Crippen LogP contribution in [-0.2, 0) is 4.79 Å². The highest BCUT2D eigenvalue weighted by atomic mass is 32.2. The van der Waals surface area contributed by atoms with E-state index in [1.165, 1.54) is 0 Å². The molecule has 0 spiro atoms. The summed E-state index contributed by atoms with van der Waals surface area (Å²) >= 11 is 1.67. The molecule has 2 atom stereocenters. The zero-order chi connectivity index (χ0) is 14.2. The third-order valence-corrected chi connectivity index (χ3v) is 4.88. The molecule has 104 valence electrons. The van der Waals surface area contributed by atoms with Gasteiger partial charge in [0.25, 0.3) is 0 Å². The molecule has 2 rings (SSSR count). The second kappa shape index (κ2) is 5.06. The summed E-state index contributed by atoms with van der Waals surface area (Å²) in [4.78, 5) is 13.3. The molecule has 1 saturated heterocycles. The molecule has 2 unspecified atom stereocenters. The molecule has 1 heterocycles. The molecule has 4 nitrogen and oxygen atoms in total. The van der Waals surface area contributed by atoms with Gasteiger partial charge in [0.1, 0.15) is 6.04 Å². The van der Waals surface area contributed by atoms with Gasteiger partial charge in [-0.15, -0.1) is 11.8 Å². The van der Waals surface area contributed by atoms with Gasteiger partial charge in [-0.05, 0) is 31.5 Å². The van der Waals surface area contributed by atoms with Crippen LogP contribution in [0.15, 0.2) is 24.3 Å². The van der Waals surface area contributed by atoms with Crippen molar-refractivity contribution in [2.45, 2.75) is 30.0 Å². The molecule has 0 bridgehead atoms. The monoisotopic (exact) mass is 280 g/mol. The van der Waals surface area contributed by atoms with Crippen molar-refractivity contribution in [1.82, 2.24) is 5.32 Å². The van der Waals surface area contributed by atoms with E-state index in [1.807, 2.05) is 32.8 Å². The van der Waals surface area contributed by atoms with Crippen LogP contribution in [0.4, 0.5) is 5.69 Å². The van der Waals surface area contributed by atoms with E-state index in [0.29, 0.717) is 0 Å². The molecule has 2 N–H and O–H groups in total. The maximum Gasteiger partial charge on any atom is 0.322 e. The van der Waals surface area contributed by atoms with E-state index in [4.69, 9.17) is 0 Å². The highest BCUT2D eigenvalue weighted by molar-refractivity contribution is 8.01. The number of carboxylic acids is 1. The van der Waals surface area contributed by atoms with Crippen LogP contribution in [0.1, 0.15) is 24.8 Å². The summed E-state index contributed by atoms with van der Waals surface area (Å²) in [5.74, 6) is -0.787. The summed E-state index contributed by atoms with van der Waals surface area (Å²) in [6.07, 6.45) is 0. The highest BCUT2D eigenvalue weighted by Gasteiger charge is 2.45. The maximum absolute atomic E-state index is 11.3. The van der Waals surface area contributed by atoms with Gasteiger partial charge in [-0.25, -0.2) is 0 Å². The molecule has 1 aliphatic rings. The van der Waals surface area contributed by atoms with Crippen LogP contribution in [0.3, 0.4) is 0 Å². The number of hydrogen-bond donors (Lipinski definition) is 2. The fraction of sp³-hybridized carbons (Fsp3) is 0.500. The van der Waals surface area contributed by atoms with Crippen molar-refractivity contribution in [2.75, 3.05) is 19.0 Å². The lowest BCUT2D eigenvalue weighted by molar-refractivity contribution is -0.139. The summed E-state index contributed by atoms with van der Waals surface area (Å²) in [6, 6.07) is 7.70. The van der Waals surface area contributed by atoms with E-state index in [0.717, 1.165) is 11.3 Å². The van der Waals surface area contributed by atoms with Gasteiger partial charge < -0.3 is 10.0 Å². The van der Waals surface area contributed by atoms with Crippen molar-refractivity contribution >= 4 is 23.4 Å². The SMILES string of the molecule is CN(C)c1ccc(C2NC(C(=O)O)C(C)(C)S2)cc1. The number of benzene rings is 1. The molecule has 1 fully saturated rings. The molecular formula is C14H20N2O2S. The van der Waals surface area contributed by atoms with Gasteiger partial charge in [-0.3, -0.25) is 10.1 Å². The Balaban J connectivity index is 2.18. The van der Waals surface area contributed by atoms with Crippen molar-refractivity contribution in [1.29, 1.82) is 0 Å². The van der Waals surface area contributed by atoms with Crippen LogP contribution >= 0.6 is 11.8 Å². The number of carboxylic acid groups (broad SMARTS) is 1. The number of anilines is 1. The van der Waals surface area contributed by atoms with Crippen molar-refractivity contribution in [3.05, 3.63) is 29.8 Å². The van der Waals surface area contributed by atoms with Gasteiger partial charge in [0, 0.05) is 24.5 Å². The summed E-state index contributed by atoms with van der Waals surface area (Å²) in [6.45, 7) is 3.94. The van der Waals surface area contributed by atoms with Gasteiger partial charge in [-0.2, -0.15) is 0 Å². The van der Waals surface area contributed by atoms with E-state index in [2.05, 4.69) is 29.6 Å². The Morgan fingerprint density at radius 1 is 1.32 bits per heavy atom. The zero-order valence-electron chi connectivity index (χ0n) is 11.7. The molecular weight excluding hydrogens is 260 g/mol. The number of nitrogens with zero attached hydrogens (tertiary/aromatic N) is 1. The largest absolute Gasteiger partial charge is 0.480 e. The zero-order valence-corrected chi connectivity index (χ0v) is 12.5. The number of aliphatic carboxylic acids is 1. The Hall–Kier alpha value is -1.20. The Labute approximate surface area is 118 Å². The minimum absolute atomic E-state index is 0.0345. The summed E-state index contributed by atoms with van der Waals surface area (Å²) in [5, 5.41) is 12.5. The predicted molar refractivity (Wildman–Crippen MR) is 79.7 cm³/mol. The first-order chi connectivity index (χ1) is 8.81. The molecule has 5 heteroatoms. The van der Waals surface area contributed by atoms with E-state index in [9.17, 15) is 9.90 Å². The van der Waals surface area contributed by atoms with Crippen LogP contribution in [0.25, 0.3) is 0 Å². The second-order valence-corrected chi connectivity index (χ2v) is 7.28. The van der Waals surface area contributed by atoms with Crippen LogP contribution in [0, 0.1) is 0 Å². The van der Waals surface area contributed by atoms with Crippen LogP contribution in [-0.4, -0.2) is 36.0 Å². The molecule has 0 aromatic heterocycles. The molecule has 0 aliphatic carbocycles. The molecule has 0 saturated carbocycles. The third kappa shape index (κ3) is 2.87. The van der Waals surface area contributed by atoms with Crippen molar-refractivity contribution in [3.63, 3.8) is 0 Å². The quantitative estimate of drug-likeness (QED) is 0.890. The molecule has 1 aliphatic heterocycles. The summed E-state index contributed by atoms with van der Waals surface area (Å²) in [7, 11) is 4.00. The van der Waals surface area contributed by atoms with E-state index in [-0.39, 0.29) is 10.1 Å². The first-order valence-electron chi connectivity index (χ1n) is 6.25. The van der Waals surface area contributed by atoms with Gasteiger partial charge in [-0.1, -0.05) is 12.1 Å². The Morgan fingerprint density at radius 3 is 2.32 bits per heavy atom. The topological polar surface area (TPSA) is 52.6 Å². The molecule has 0 amide bonds.